The van der Waals surface area contributed by atoms with Crippen LogP contribution in [-0.2, 0) is 4.79 Å². The van der Waals surface area contributed by atoms with Crippen molar-refractivity contribution in [2.45, 2.75) is 33.1 Å². The molecule has 0 aliphatic rings. The van der Waals surface area contributed by atoms with Crippen molar-refractivity contribution in [3.05, 3.63) is 24.3 Å². The molecule has 0 saturated carbocycles. The lowest BCUT2D eigenvalue weighted by Gasteiger charge is -1.85. The Balaban J connectivity index is 3.30. The van der Waals surface area contributed by atoms with Crippen molar-refractivity contribution in [2.75, 3.05) is 0 Å². The highest BCUT2D eigenvalue weighted by Crippen LogP contribution is 1.92. The van der Waals surface area contributed by atoms with Gasteiger partial charge in [-0.05, 0) is 19.8 Å². The SMILES string of the molecule is CCC=CC=CCCC(C)=O. The quantitative estimate of drug-likeness (QED) is 0.553. The van der Waals surface area contributed by atoms with E-state index in [9.17, 15) is 4.79 Å². The van der Waals surface area contributed by atoms with E-state index in [4.69, 9.17) is 0 Å². The molecule has 0 atom stereocenters. The Kier molecular flexibility index (Phi) is 6.70. The van der Waals surface area contributed by atoms with Crippen LogP contribution in [0.1, 0.15) is 33.1 Å². The van der Waals surface area contributed by atoms with Gasteiger partial charge in [0.05, 0.1) is 0 Å². The van der Waals surface area contributed by atoms with Crippen molar-refractivity contribution >= 4 is 5.78 Å². The third-order valence-corrected chi connectivity index (χ3v) is 1.28. The fourth-order valence-corrected chi connectivity index (χ4v) is 0.676. The van der Waals surface area contributed by atoms with Crippen LogP contribution in [0.3, 0.4) is 0 Å². The summed E-state index contributed by atoms with van der Waals surface area (Å²) >= 11 is 0. The molecular weight excluding hydrogens is 136 g/mol. The first kappa shape index (κ1) is 10.2. The highest BCUT2D eigenvalue weighted by atomic mass is 16.1. The molecule has 1 nitrogen and oxygen atoms in total. The minimum Gasteiger partial charge on any atom is -0.300 e. The van der Waals surface area contributed by atoms with E-state index in [-0.39, 0.29) is 5.78 Å². The van der Waals surface area contributed by atoms with Gasteiger partial charge in [0.15, 0.2) is 0 Å². The number of carbonyl (C=O) groups is 1. The van der Waals surface area contributed by atoms with E-state index in [1.54, 1.807) is 6.92 Å². The highest BCUT2D eigenvalue weighted by Gasteiger charge is 1.86. The molecule has 0 aromatic rings. The number of Topliss-reactive ketones (excluding diaryl/α,β-unsaturated/α-hetero) is 1. The van der Waals surface area contributed by atoms with Crippen LogP contribution < -0.4 is 0 Å². The summed E-state index contributed by atoms with van der Waals surface area (Å²) in [5.41, 5.74) is 0. The molecule has 0 N–H and O–H groups in total. The number of carbonyl (C=O) groups excluding carboxylic acids is 1. The third kappa shape index (κ3) is 9.15. The lowest BCUT2D eigenvalue weighted by Crippen LogP contribution is -1.85. The predicted molar refractivity (Wildman–Crippen MR) is 48.5 cm³/mol. The minimum atomic E-state index is 0.258. The van der Waals surface area contributed by atoms with Gasteiger partial charge in [0.2, 0.25) is 0 Å². The van der Waals surface area contributed by atoms with Gasteiger partial charge in [-0.1, -0.05) is 31.2 Å². The molecule has 0 amide bonds. The van der Waals surface area contributed by atoms with Crippen LogP contribution in [0.25, 0.3) is 0 Å². The second kappa shape index (κ2) is 7.26. The van der Waals surface area contributed by atoms with E-state index in [1.165, 1.54) is 0 Å². The average molecular weight is 152 g/mol. The molecule has 0 unspecified atom stereocenters. The Labute approximate surface area is 68.8 Å². The normalized spacial score (nSPS) is 11.5. The molecule has 0 bridgehead atoms. The summed E-state index contributed by atoms with van der Waals surface area (Å²) < 4.78 is 0. The molecule has 0 aliphatic carbocycles. The van der Waals surface area contributed by atoms with Gasteiger partial charge in [-0.15, -0.1) is 0 Å². The summed E-state index contributed by atoms with van der Waals surface area (Å²) in [4.78, 5) is 10.5. The topological polar surface area (TPSA) is 17.1 Å². The second-order valence-electron chi connectivity index (χ2n) is 2.51. The molecule has 0 aliphatic heterocycles. The Morgan fingerprint density at radius 1 is 1.27 bits per heavy atom. The maximum absolute atomic E-state index is 10.5. The summed E-state index contributed by atoms with van der Waals surface area (Å²) in [5, 5.41) is 0. The zero-order valence-electron chi connectivity index (χ0n) is 7.34. The van der Waals surface area contributed by atoms with Crippen molar-refractivity contribution in [2.24, 2.45) is 0 Å². The standard InChI is InChI=1S/C10H16O/c1-3-4-5-6-7-8-9-10(2)11/h4-7H,3,8-9H2,1-2H3. The van der Waals surface area contributed by atoms with Gasteiger partial charge in [0, 0.05) is 6.42 Å². The van der Waals surface area contributed by atoms with Crippen molar-refractivity contribution in [3.8, 4) is 0 Å². The molecule has 0 heterocycles. The number of allylic oxidation sites excluding steroid dienone is 4. The Bertz CT molecular complexity index is 154. The van der Waals surface area contributed by atoms with E-state index in [2.05, 4.69) is 13.0 Å². The minimum absolute atomic E-state index is 0.258. The summed E-state index contributed by atoms with van der Waals surface area (Å²) in [6, 6.07) is 0. The third-order valence-electron chi connectivity index (χ3n) is 1.28. The number of ketones is 1. The van der Waals surface area contributed by atoms with Crippen molar-refractivity contribution in [3.63, 3.8) is 0 Å². The summed E-state index contributed by atoms with van der Waals surface area (Å²) in [6.07, 6.45) is 10.7. The lowest BCUT2D eigenvalue weighted by molar-refractivity contribution is -0.116. The number of rotatable bonds is 5. The molecular formula is C10H16O. The molecule has 0 aromatic carbocycles. The fourth-order valence-electron chi connectivity index (χ4n) is 0.676. The molecule has 0 saturated heterocycles. The Hall–Kier alpha value is -0.850. The monoisotopic (exact) mass is 152 g/mol. The van der Waals surface area contributed by atoms with Crippen molar-refractivity contribution in [1.82, 2.24) is 0 Å². The first-order valence-corrected chi connectivity index (χ1v) is 4.08. The molecule has 0 spiro atoms. The van der Waals surface area contributed by atoms with E-state index >= 15 is 0 Å². The molecule has 0 fully saturated rings. The van der Waals surface area contributed by atoms with Crippen LogP contribution in [0.2, 0.25) is 0 Å². The molecule has 0 radical (unpaired) electrons. The van der Waals surface area contributed by atoms with Gasteiger partial charge in [0.25, 0.3) is 0 Å². The predicted octanol–water partition coefficient (Wildman–Crippen LogP) is 2.88. The van der Waals surface area contributed by atoms with Gasteiger partial charge in [-0.3, -0.25) is 0 Å². The average Bonchev–Trinajstić information content (AvgIpc) is 1.96. The number of hydrogen-bond donors (Lipinski definition) is 0. The zero-order chi connectivity index (χ0) is 8.53. The first-order valence-electron chi connectivity index (χ1n) is 4.08. The Morgan fingerprint density at radius 3 is 2.45 bits per heavy atom. The van der Waals surface area contributed by atoms with Crippen LogP contribution in [0.5, 0.6) is 0 Å². The zero-order valence-corrected chi connectivity index (χ0v) is 7.34. The van der Waals surface area contributed by atoms with Crippen LogP contribution in [0, 0.1) is 0 Å². The Morgan fingerprint density at radius 2 is 1.91 bits per heavy atom. The van der Waals surface area contributed by atoms with E-state index in [0.717, 1.165) is 12.8 Å². The maximum Gasteiger partial charge on any atom is 0.130 e. The molecule has 0 aromatic heterocycles. The van der Waals surface area contributed by atoms with Crippen molar-refractivity contribution in [1.29, 1.82) is 0 Å². The maximum atomic E-state index is 10.5. The number of hydrogen-bond acceptors (Lipinski definition) is 1. The lowest BCUT2D eigenvalue weighted by atomic mass is 10.2. The van der Waals surface area contributed by atoms with Crippen molar-refractivity contribution < 1.29 is 4.79 Å². The fraction of sp³-hybridized carbons (Fsp3) is 0.500. The van der Waals surface area contributed by atoms with Gasteiger partial charge < -0.3 is 4.79 Å². The summed E-state index contributed by atoms with van der Waals surface area (Å²) in [6.45, 7) is 3.72. The molecule has 11 heavy (non-hydrogen) atoms. The largest absolute Gasteiger partial charge is 0.300 e. The van der Waals surface area contributed by atoms with Gasteiger partial charge in [-0.2, -0.15) is 0 Å². The van der Waals surface area contributed by atoms with Crippen LogP contribution >= 0.6 is 0 Å². The molecule has 1 heteroatoms. The van der Waals surface area contributed by atoms with Crippen LogP contribution in [0.15, 0.2) is 24.3 Å². The highest BCUT2D eigenvalue weighted by molar-refractivity contribution is 5.75. The summed E-state index contributed by atoms with van der Waals surface area (Å²) in [7, 11) is 0. The van der Waals surface area contributed by atoms with Crippen LogP contribution in [-0.4, -0.2) is 5.78 Å². The molecule has 62 valence electrons. The van der Waals surface area contributed by atoms with Gasteiger partial charge in [0.1, 0.15) is 5.78 Å². The van der Waals surface area contributed by atoms with Gasteiger partial charge >= 0.3 is 0 Å². The van der Waals surface area contributed by atoms with Gasteiger partial charge in [-0.25, -0.2) is 0 Å². The smallest absolute Gasteiger partial charge is 0.130 e. The van der Waals surface area contributed by atoms with E-state index in [1.807, 2.05) is 18.2 Å². The molecule has 0 rings (SSSR count). The van der Waals surface area contributed by atoms with E-state index < -0.39 is 0 Å². The van der Waals surface area contributed by atoms with Crippen LogP contribution in [0.4, 0.5) is 0 Å². The second-order valence-corrected chi connectivity index (χ2v) is 2.51. The first-order chi connectivity index (χ1) is 5.27. The van der Waals surface area contributed by atoms with E-state index in [0.29, 0.717) is 6.42 Å². The summed E-state index contributed by atoms with van der Waals surface area (Å²) in [5.74, 6) is 0.258.